The van der Waals surface area contributed by atoms with Crippen molar-refractivity contribution in [3.05, 3.63) is 41.3 Å². The maximum atomic E-state index is 11.7. The zero-order valence-electron chi connectivity index (χ0n) is 10.4. The van der Waals surface area contributed by atoms with Gasteiger partial charge in [0.2, 0.25) is 5.91 Å². The van der Waals surface area contributed by atoms with E-state index in [-0.39, 0.29) is 11.7 Å². The Morgan fingerprint density at radius 1 is 1.32 bits per heavy atom. The third kappa shape index (κ3) is 4.10. The number of aryl methyl sites for hydroxylation is 1. The van der Waals surface area contributed by atoms with Crippen LogP contribution in [-0.4, -0.2) is 26.1 Å². The van der Waals surface area contributed by atoms with Gasteiger partial charge >= 0.3 is 0 Å². The summed E-state index contributed by atoms with van der Waals surface area (Å²) in [6.07, 6.45) is 2.44. The van der Waals surface area contributed by atoms with E-state index in [1.54, 1.807) is 12.1 Å². The molecule has 2 rings (SSSR count). The first kappa shape index (κ1) is 13.6. The fraction of sp³-hybridized carbons (Fsp3) is 0.308. The van der Waals surface area contributed by atoms with Gasteiger partial charge in [0.25, 0.3) is 0 Å². The molecular formula is C13H16N2O3S. The van der Waals surface area contributed by atoms with Crippen molar-refractivity contribution in [3.63, 3.8) is 0 Å². The second kappa shape index (κ2) is 5.44. The van der Waals surface area contributed by atoms with E-state index in [4.69, 9.17) is 5.73 Å². The molecule has 0 aliphatic carbocycles. The maximum absolute atomic E-state index is 11.7. The van der Waals surface area contributed by atoms with E-state index in [1.165, 1.54) is 6.08 Å². The Hall–Kier alpha value is -1.82. The lowest BCUT2D eigenvalue weighted by Gasteiger charge is -2.09. The van der Waals surface area contributed by atoms with Gasteiger partial charge in [0.15, 0.2) is 9.84 Å². The number of nitrogen functional groups attached to an aromatic ring is 1. The zero-order valence-corrected chi connectivity index (χ0v) is 11.2. The molecular weight excluding hydrogens is 264 g/mol. The molecule has 0 bridgehead atoms. The fourth-order valence-electron chi connectivity index (χ4n) is 1.89. The first-order chi connectivity index (χ1) is 8.94. The molecule has 0 saturated carbocycles. The lowest BCUT2D eigenvalue weighted by molar-refractivity contribution is -0.121. The number of carbonyl (C=O) groups excluding carboxylic acids is 1. The highest BCUT2D eigenvalue weighted by molar-refractivity contribution is 7.94. The van der Waals surface area contributed by atoms with Crippen LogP contribution in [0.15, 0.2) is 35.7 Å². The molecule has 0 radical (unpaired) electrons. The molecule has 1 aromatic rings. The Labute approximate surface area is 112 Å². The summed E-state index contributed by atoms with van der Waals surface area (Å²) in [6, 6.07) is 6.94. The van der Waals surface area contributed by atoms with Crippen LogP contribution in [0.1, 0.15) is 12.0 Å². The van der Waals surface area contributed by atoms with Gasteiger partial charge in [-0.3, -0.25) is 4.79 Å². The number of amides is 1. The van der Waals surface area contributed by atoms with Crippen LogP contribution in [-0.2, 0) is 21.1 Å². The quantitative estimate of drug-likeness (QED) is 0.792. The van der Waals surface area contributed by atoms with Crippen molar-refractivity contribution in [1.82, 2.24) is 5.32 Å². The Bertz CT molecular complexity index is 591. The standard InChI is InChI=1S/C13H16N2O3S/c14-11-4-1-10(2-5-11)3-6-13(16)15-12-7-8-19(17,18)9-12/h1-2,4-5,7-8,12H,3,6,9,14H2,(H,15,16). The molecule has 5 nitrogen and oxygen atoms in total. The second-order valence-electron chi connectivity index (χ2n) is 4.57. The highest BCUT2D eigenvalue weighted by Crippen LogP contribution is 2.10. The van der Waals surface area contributed by atoms with Crippen LogP contribution in [0.2, 0.25) is 0 Å². The molecule has 102 valence electrons. The molecule has 1 amide bonds. The van der Waals surface area contributed by atoms with Crippen molar-refractivity contribution < 1.29 is 13.2 Å². The molecule has 1 aromatic carbocycles. The largest absolute Gasteiger partial charge is 0.399 e. The van der Waals surface area contributed by atoms with Gasteiger partial charge in [-0.05, 0) is 30.2 Å². The number of anilines is 1. The van der Waals surface area contributed by atoms with Crippen molar-refractivity contribution in [3.8, 4) is 0 Å². The van der Waals surface area contributed by atoms with E-state index in [0.717, 1.165) is 11.0 Å². The monoisotopic (exact) mass is 280 g/mol. The van der Waals surface area contributed by atoms with E-state index in [2.05, 4.69) is 5.32 Å². The van der Waals surface area contributed by atoms with E-state index >= 15 is 0 Å². The molecule has 0 spiro atoms. The highest BCUT2D eigenvalue weighted by atomic mass is 32.2. The Morgan fingerprint density at radius 2 is 2.00 bits per heavy atom. The van der Waals surface area contributed by atoms with Gasteiger partial charge in [0.05, 0.1) is 11.8 Å². The summed E-state index contributed by atoms with van der Waals surface area (Å²) >= 11 is 0. The normalized spacial score (nSPS) is 20.3. The number of sulfone groups is 1. The van der Waals surface area contributed by atoms with Gasteiger partial charge in [0, 0.05) is 17.5 Å². The van der Waals surface area contributed by atoms with E-state index < -0.39 is 15.9 Å². The topological polar surface area (TPSA) is 89.3 Å². The average molecular weight is 280 g/mol. The molecule has 0 fully saturated rings. The number of hydrogen-bond acceptors (Lipinski definition) is 4. The molecule has 1 unspecified atom stereocenters. The van der Waals surface area contributed by atoms with Gasteiger partial charge in [-0.2, -0.15) is 0 Å². The van der Waals surface area contributed by atoms with E-state index in [9.17, 15) is 13.2 Å². The smallest absolute Gasteiger partial charge is 0.220 e. The summed E-state index contributed by atoms with van der Waals surface area (Å²) < 4.78 is 22.4. The van der Waals surface area contributed by atoms with Crippen LogP contribution < -0.4 is 11.1 Å². The molecule has 1 heterocycles. The number of carbonyl (C=O) groups is 1. The molecule has 0 saturated heterocycles. The minimum Gasteiger partial charge on any atom is -0.399 e. The van der Waals surface area contributed by atoms with Crippen molar-refractivity contribution >= 4 is 21.4 Å². The first-order valence-electron chi connectivity index (χ1n) is 5.99. The average Bonchev–Trinajstić information content (AvgIpc) is 2.68. The molecule has 6 heteroatoms. The van der Waals surface area contributed by atoms with Gasteiger partial charge in [0.1, 0.15) is 0 Å². The Balaban J connectivity index is 1.79. The van der Waals surface area contributed by atoms with Crippen LogP contribution in [0.25, 0.3) is 0 Å². The lowest BCUT2D eigenvalue weighted by Crippen LogP contribution is -2.35. The van der Waals surface area contributed by atoms with Gasteiger partial charge in [-0.15, -0.1) is 0 Å². The number of hydrogen-bond donors (Lipinski definition) is 2. The fourth-order valence-corrected chi connectivity index (χ4v) is 3.12. The zero-order chi connectivity index (χ0) is 13.9. The summed E-state index contributed by atoms with van der Waals surface area (Å²) in [5.41, 5.74) is 7.29. The number of rotatable bonds is 4. The Kier molecular flexibility index (Phi) is 3.90. The highest BCUT2D eigenvalue weighted by Gasteiger charge is 2.22. The molecule has 0 aromatic heterocycles. The van der Waals surface area contributed by atoms with Gasteiger partial charge < -0.3 is 11.1 Å². The lowest BCUT2D eigenvalue weighted by atomic mass is 10.1. The molecule has 1 aliphatic heterocycles. The van der Waals surface area contributed by atoms with Crippen molar-refractivity contribution in [2.24, 2.45) is 0 Å². The van der Waals surface area contributed by atoms with Gasteiger partial charge in [-0.1, -0.05) is 12.1 Å². The third-order valence-corrected chi connectivity index (χ3v) is 4.29. The second-order valence-corrected chi connectivity index (χ2v) is 6.50. The van der Waals surface area contributed by atoms with Crippen molar-refractivity contribution in [2.45, 2.75) is 18.9 Å². The predicted octanol–water partition coefficient (Wildman–Crippen LogP) is 0.628. The van der Waals surface area contributed by atoms with Crippen LogP contribution in [0.5, 0.6) is 0 Å². The number of benzene rings is 1. The van der Waals surface area contributed by atoms with E-state index in [0.29, 0.717) is 18.5 Å². The number of nitrogens with two attached hydrogens (primary N) is 1. The molecule has 19 heavy (non-hydrogen) atoms. The predicted molar refractivity (Wildman–Crippen MR) is 74.0 cm³/mol. The van der Waals surface area contributed by atoms with Crippen LogP contribution in [0.3, 0.4) is 0 Å². The molecule has 1 atom stereocenters. The summed E-state index contributed by atoms with van der Waals surface area (Å²) in [5, 5.41) is 3.84. The maximum Gasteiger partial charge on any atom is 0.220 e. The summed E-state index contributed by atoms with van der Waals surface area (Å²) in [4.78, 5) is 11.7. The van der Waals surface area contributed by atoms with Crippen LogP contribution in [0.4, 0.5) is 5.69 Å². The third-order valence-electron chi connectivity index (χ3n) is 2.90. The minimum absolute atomic E-state index is 0.0411. The van der Waals surface area contributed by atoms with E-state index in [1.807, 2.05) is 12.1 Å². The summed E-state index contributed by atoms with van der Waals surface area (Å²) in [7, 11) is -3.12. The number of nitrogens with one attached hydrogen (secondary N) is 1. The minimum atomic E-state index is -3.12. The molecule has 1 aliphatic rings. The molecule has 3 N–H and O–H groups in total. The van der Waals surface area contributed by atoms with Crippen molar-refractivity contribution in [1.29, 1.82) is 0 Å². The first-order valence-corrected chi connectivity index (χ1v) is 7.71. The Morgan fingerprint density at radius 3 is 2.58 bits per heavy atom. The van der Waals surface area contributed by atoms with Crippen LogP contribution >= 0.6 is 0 Å². The summed E-state index contributed by atoms with van der Waals surface area (Å²) in [5.74, 6) is -0.191. The van der Waals surface area contributed by atoms with Crippen LogP contribution in [0, 0.1) is 0 Å². The SMILES string of the molecule is Nc1ccc(CCC(=O)NC2C=CS(=O)(=O)C2)cc1. The van der Waals surface area contributed by atoms with Gasteiger partial charge in [-0.25, -0.2) is 8.42 Å². The van der Waals surface area contributed by atoms with Crippen molar-refractivity contribution in [2.75, 3.05) is 11.5 Å². The summed E-state index contributed by atoms with van der Waals surface area (Å²) in [6.45, 7) is 0.